The highest BCUT2D eigenvalue weighted by atomic mass is 79.9. The number of carbonyl (C=O) groups is 3. The Morgan fingerprint density at radius 1 is 1.14 bits per heavy atom. The zero-order valence-electron chi connectivity index (χ0n) is 12.2. The Bertz CT molecular complexity index is 471. The lowest BCUT2D eigenvalue weighted by Crippen LogP contribution is -2.11. The molecule has 0 saturated carbocycles. The summed E-state index contributed by atoms with van der Waals surface area (Å²) in [5.41, 5.74) is 6.02. The summed E-state index contributed by atoms with van der Waals surface area (Å²) in [7, 11) is 1.41. The third-order valence-corrected chi connectivity index (χ3v) is 3.08. The predicted octanol–water partition coefficient (Wildman–Crippen LogP) is 2.71. The first-order valence-electron chi connectivity index (χ1n) is 6.52. The van der Waals surface area contributed by atoms with Crippen molar-refractivity contribution in [3.05, 3.63) is 35.4 Å². The summed E-state index contributed by atoms with van der Waals surface area (Å²) in [6.45, 7) is 2.04. The molecule has 0 aromatic heterocycles. The summed E-state index contributed by atoms with van der Waals surface area (Å²) < 4.78 is 4.41. The fourth-order valence-corrected chi connectivity index (χ4v) is 1.64. The van der Waals surface area contributed by atoms with E-state index in [9.17, 15) is 14.4 Å². The molecule has 1 aromatic rings. The van der Waals surface area contributed by atoms with Gasteiger partial charge >= 0.3 is 5.97 Å². The Labute approximate surface area is 133 Å². The lowest BCUT2D eigenvalue weighted by molar-refractivity contribution is -0.140. The van der Waals surface area contributed by atoms with Gasteiger partial charge in [-0.2, -0.15) is 0 Å². The molecule has 0 radical (unpaired) electrons. The van der Waals surface area contributed by atoms with E-state index in [2.05, 4.69) is 20.7 Å². The summed E-state index contributed by atoms with van der Waals surface area (Å²) in [5.74, 6) is -0.610. The van der Waals surface area contributed by atoms with Crippen molar-refractivity contribution in [1.82, 2.24) is 0 Å². The maximum absolute atomic E-state index is 11.1. The third kappa shape index (κ3) is 8.24. The number of ether oxygens (including phenoxy) is 1. The van der Waals surface area contributed by atoms with E-state index < -0.39 is 5.91 Å². The van der Waals surface area contributed by atoms with Crippen LogP contribution in [0.1, 0.15) is 46.9 Å². The van der Waals surface area contributed by atoms with Gasteiger partial charge < -0.3 is 10.5 Å². The number of rotatable bonds is 6. The van der Waals surface area contributed by atoms with E-state index in [4.69, 9.17) is 5.73 Å². The first-order chi connectivity index (χ1) is 9.96. The van der Waals surface area contributed by atoms with Gasteiger partial charge in [-0.05, 0) is 18.6 Å². The van der Waals surface area contributed by atoms with E-state index in [1.54, 1.807) is 12.1 Å². The number of hydrogen-bond donors (Lipinski definition) is 1. The molecule has 0 aliphatic rings. The van der Waals surface area contributed by atoms with Gasteiger partial charge in [0.15, 0.2) is 5.78 Å². The highest BCUT2D eigenvalue weighted by molar-refractivity contribution is 9.09. The maximum atomic E-state index is 11.1. The van der Waals surface area contributed by atoms with E-state index in [1.807, 2.05) is 6.92 Å². The van der Waals surface area contributed by atoms with Gasteiger partial charge in [-0.3, -0.25) is 14.4 Å². The molecule has 1 amide bonds. The second-order valence-electron chi connectivity index (χ2n) is 4.18. The minimum atomic E-state index is -0.488. The molecule has 0 atom stereocenters. The second kappa shape index (κ2) is 11.0. The van der Waals surface area contributed by atoms with Gasteiger partial charge in [-0.15, -0.1) is 0 Å². The number of Topliss-reactive ketones (excluding diaryl/α,β-unsaturated/α-hetero) is 1. The zero-order chi connectivity index (χ0) is 16.3. The summed E-state index contributed by atoms with van der Waals surface area (Å²) in [6, 6.07) is 6.25. The van der Waals surface area contributed by atoms with E-state index in [1.165, 1.54) is 19.2 Å². The van der Waals surface area contributed by atoms with Gasteiger partial charge in [-0.1, -0.05) is 41.4 Å². The van der Waals surface area contributed by atoms with Crippen LogP contribution < -0.4 is 5.73 Å². The predicted molar refractivity (Wildman–Crippen MR) is 84.6 cm³/mol. The zero-order valence-corrected chi connectivity index (χ0v) is 13.8. The van der Waals surface area contributed by atoms with Crippen LogP contribution in [-0.2, 0) is 9.53 Å². The molecule has 0 aliphatic carbocycles. The lowest BCUT2D eigenvalue weighted by atomic mass is 10.1. The molecule has 116 valence electrons. The molecule has 6 heteroatoms. The number of esters is 1. The number of halogens is 1. The SMILES string of the molecule is CCCCC(=O)OC.NC(=O)c1ccc(C(=O)CBr)cc1. The van der Waals surface area contributed by atoms with Crippen molar-refractivity contribution in [2.24, 2.45) is 5.73 Å². The van der Waals surface area contributed by atoms with Crippen LogP contribution in [0.15, 0.2) is 24.3 Å². The maximum Gasteiger partial charge on any atom is 0.305 e. The van der Waals surface area contributed by atoms with E-state index in [-0.39, 0.29) is 17.1 Å². The number of nitrogens with two attached hydrogens (primary N) is 1. The van der Waals surface area contributed by atoms with Crippen molar-refractivity contribution in [2.75, 3.05) is 12.4 Å². The summed E-state index contributed by atoms with van der Waals surface area (Å²) in [5, 5.41) is 0.281. The van der Waals surface area contributed by atoms with Gasteiger partial charge in [0.25, 0.3) is 0 Å². The summed E-state index contributed by atoms with van der Waals surface area (Å²) in [6.07, 6.45) is 2.55. The average molecular weight is 358 g/mol. The van der Waals surface area contributed by atoms with Crippen LogP contribution in [0.5, 0.6) is 0 Å². The number of ketones is 1. The Morgan fingerprint density at radius 2 is 1.67 bits per heavy atom. The molecule has 1 aromatic carbocycles. The summed E-state index contributed by atoms with van der Waals surface area (Å²) in [4.78, 5) is 32.2. The van der Waals surface area contributed by atoms with Crippen molar-refractivity contribution in [1.29, 1.82) is 0 Å². The molecule has 5 nitrogen and oxygen atoms in total. The quantitative estimate of drug-likeness (QED) is 0.481. The largest absolute Gasteiger partial charge is 0.469 e. The van der Waals surface area contributed by atoms with Crippen LogP contribution in [0.3, 0.4) is 0 Å². The number of amides is 1. The van der Waals surface area contributed by atoms with Crippen molar-refractivity contribution >= 4 is 33.6 Å². The number of unbranched alkanes of at least 4 members (excludes halogenated alkanes) is 1. The molecule has 21 heavy (non-hydrogen) atoms. The second-order valence-corrected chi connectivity index (χ2v) is 4.74. The molecule has 1 rings (SSSR count). The molecular weight excluding hydrogens is 338 g/mol. The Hall–Kier alpha value is -1.69. The van der Waals surface area contributed by atoms with Crippen LogP contribution in [0, 0.1) is 0 Å². The smallest absolute Gasteiger partial charge is 0.305 e. The fraction of sp³-hybridized carbons (Fsp3) is 0.400. The van der Waals surface area contributed by atoms with Crippen LogP contribution in [0.2, 0.25) is 0 Å². The van der Waals surface area contributed by atoms with Gasteiger partial charge in [0.1, 0.15) is 0 Å². The minimum absolute atomic E-state index is 0.0176. The standard InChI is InChI=1S/C9H8BrNO2.C6H12O2/c10-5-8(12)6-1-3-7(4-2-6)9(11)13;1-3-4-5-6(7)8-2/h1-4H,5H2,(H2,11,13);3-5H2,1-2H3. The molecule has 0 heterocycles. The fourth-order valence-electron chi connectivity index (χ4n) is 1.32. The number of alkyl halides is 1. The topological polar surface area (TPSA) is 86.5 Å². The summed E-state index contributed by atoms with van der Waals surface area (Å²) >= 11 is 3.06. The molecular formula is C15H20BrNO4. The number of hydrogen-bond acceptors (Lipinski definition) is 4. The van der Waals surface area contributed by atoms with E-state index in [0.29, 0.717) is 17.5 Å². The number of benzene rings is 1. The molecule has 0 unspecified atom stereocenters. The van der Waals surface area contributed by atoms with Crippen molar-refractivity contribution in [2.45, 2.75) is 26.2 Å². The lowest BCUT2D eigenvalue weighted by Gasteiger charge is -1.98. The van der Waals surface area contributed by atoms with Crippen molar-refractivity contribution < 1.29 is 19.1 Å². The first-order valence-corrected chi connectivity index (χ1v) is 7.64. The number of primary amides is 1. The molecule has 2 N–H and O–H groups in total. The average Bonchev–Trinajstić information content (AvgIpc) is 2.52. The van der Waals surface area contributed by atoms with Crippen LogP contribution >= 0.6 is 15.9 Å². The van der Waals surface area contributed by atoms with Gasteiger partial charge in [0, 0.05) is 17.5 Å². The number of carbonyl (C=O) groups excluding carboxylic acids is 3. The highest BCUT2D eigenvalue weighted by Gasteiger charge is 2.04. The van der Waals surface area contributed by atoms with Gasteiger partial charge in [0.2, 0.25) is 5.91 Å². The van der Waals surface area contributed by atoms with E-state index in [0.717, 1.165) is 12.8 Å². The van der Waals surface area contributed by atoms with Gasteiger partial charge in [-0.25, -0.2) is 0 Å². The Balaban J connectivity index is 0.000000433. The third-order valence-electron chi connectivity index (χ3n) is 2.57. The van der Waals surface area contributed by atoms with Crippen LogP contribution in [0.4, 0.5) is 0 Å². The first kappa shape index (κ1) is 19.3. The van der Waals surface area contributed by atoms with Crippen LogP contribution in [-0.4, -0.2) is 30.1 Å². The Morgan fingerprint density at radius 3 is 2.05 bits per heavy atom. The molecule has 0 spiro atoms. The molecule has 0 fully saturated rings. The minimum Gasteiger partial charge on any atom is -0.469 e. The normalized spacial score (nSPS) is 9.29. The van der Waals surface area contributed by atoms with Crippen LogP contribution in [0.25, 0.3) is 0 Å². The van der Waals surface area contributed by atoms with Crippen molar-refractivity contribution in [3.63, 3.8) is 0 Å². The molecule has 0 saturated heterocycles. The van der Waals surface area contributed by atoms with Gasteiger partial charge in [0.05, 0.1) is 12.4 Å². The monoisotopic (exact) mass is 357 g/mol. The Kier molecular flexibility index (Phi) is 10.1. The van der Waals surface area contributed by atoms with Crippen molar-refractivity contribution in [3.8, 4) is 0 Å². The van der Waals surface area contributed by atoms with E-state index >= 15 is 0 Å². The molecule has 0 bridgehead atoms. The molecule has 0 aliphatic heterocycles. The number of methoxy groups -OCH3 is 1. The highest BCUT2D eigenvalue weighted by Crippen LogP contribution is 2.05.